The molecule has 1 N–H and O–H groups in total. The summed E-state index contributed by atoms with van der Waals surface area (Å²) < 4.78 is 7.43. The quantitative estimate of drug-likeness (QED) is 0.904. The third-order valence-corrected chi connectivity index (χ3v) is 3.69. The number of nitrogens with one attached hydrogen (secondary N) is 1. The number of ether oxygens (including phenoxy) is 1. The molecule has 0 aromatic carbocycles. The van der Waals surface area contributed by atoms with Crippen molar-refractivity contribution in [1.82, 2.24) is 14.4 Å². The normalized spacial score (nSPS) is 16.7. The maximum atomic E-state index is 5.42. The zero-order chi connectivity index (χ0) is 13.2. The molecule has 102 valence electrons. The molecule has 6 heteroatoms. The molecule has 0 saturated carbocycles. The predicted octanol–water partition coefficient (Wildman–Crippen LogP) is 1.39. The molecule has 6 nitrogen and oxygen atoms in total. The summed E-state index contributed by atoms with van der Waals surface area (Å²) in [6.45, 7) is 1.65. The highest BCUT2D eigenvalue weighted by Gasteiger charge is 2.22. The van der Waals surface area contributed by atoms with Gasteiger partial charge in [-0.15, -0.1) is 0 Å². The van der Waals surface area contributed by atoms with Gasteiger partial charge in [0.05, 0.1) is 6.20 Å². The minimum atomic E-state index is 0.467. The van der Waals surface area contributed by atoms with Crippen LogP contribution in [0.25, 0.3) is 5.65 Å². The van der Waals surface area contributed by atoms with Gasteiger partial charge in [-0.25, -0.2) is 9.97 Å². The van der Waals surface area contributed by atoms with E-state index in [1.54, 1.807) is 6.20 Å². The zero-order valence-corrected chi connectivity index (χ0v) is 11.3. The monoisotopic (exact) mass is 261 g/mol. The van der Waals surface area contributed by atoms with E-state index in [2.05, 4.69) is 27.2 Å². The molecule has 19 heavy (non-hydrogen) atoms. The fourth-order valence-corrected chi connectivity index (χ4v) is 2.52. The predicted molar refractivity (Wildman–Crippen MR) is 74.8 cm³/mol. The molecule has 1 fully saturated rings. The highest BCUT2D eigenvalue weighted by Crippen LogP contribution is 2.24. The Kier molecular flexibility index (Phi) is 3.25. The molecule has 0 aliphatic carbocycles. The van der Waals surface area contributed by atoms with E-state index in [-0.39, 0.29) is 0 Å². The Hall–Kier alpha value is -1.82. The summed E-state index contributed by atoms with van der Waals surface area (Å²) in [6, 6.07) is 0.467. The number of imidazole rings is 1. The fraction of sp³-hybridized carbons (Fsp3) is 0.538. The van der Waals surface area contributed by atoms with Crippen LogP contribution < -0.4 is 10.2 Å². The number of fused-ring (bicyclic) bond motifs is 1. The lowest BCUT2D eigenvalue weighted by atomic mass is 10.1. The molecule has 0 bridgehead atoms. The van der Waals surface area contributed by atoms with E-state index in [9.17, 15) is 0 Å². The summed E-state index contributed by atoms with van der Waals surface area (Å²) in [7, 11) is 3.97. The first-order valence-corrected chi connectivity index (χ1v) is 6.61. The molecule has 0 atom stereocenters. The van der Waals surface area contributed by atoms with Crippen molar-refractivity contribution >= 4 is 17.3 Å². The van der Waals surface area contributed by atoms with E-state index in [0.29, 0.717) is 6.04 Å². The molecule has 0 amide bonds. The van der Waals surface area contributed by atoms with Crippen LogP contribution in [-0.4, -0.2) is 47.7 Å². The Labute approximate surface area is 112 Å². The maximum Gasteiger partial charge on any atom is 0.180 e. The summed E-state index contributed by atoms with van der Waals surface area (Å²) in [5.74, 6) is 1.77. The summed E-state index contributed by atoms with van der Waals surface area (Å²) in [5, 5.41) is 3.10. The first-order valence-electron chi connectivity index (χ1n) is 6.61. The molecule has 0 radical (unpaired) electrons. The van der Waals surface area contributed by atoms with Crippen molar-refractivity contribution in [3.8, 4) is 0 Å². The number of aromatic nitrogens is 3. The van der Waals surface area contributed by atoms with Gasteiger partial charge in [0.1, 0.15) is 5.82 Å². The van der Waals surface area contributed by atoms with Crippen LogP contribution in [0.15, 0.2) is 18.6 Å². The first-order chi connectivity index (χ1) is 9.29. The van der Waals surface area contributed by atoms with Gasteiger partial charge in [0.25, 0.3) is 0 Å². The van der Waals surface area contributed by atoms with Gasteiger partial charge in [-0.1, -0.05) is 0 Å². The second kappa shape index (κ2) is 5.05. The third kappa shape index (κ3) is 2.23. The van der Waals surface area contributed by atoms with Crippen LogP contribution in [0.5, 0.6) is 0 Å². The van der Waals surface area contributed by atoms with Gasteiger partial charge >= 0.3 is 0 Å². The average Bonchev–Trinajstić information content (AvgIpc) is 2.94. The standard InChI is InChI=1S/C13H19N5O/c1-14-11-9-18-6-5-15-12(18)13(16-11)17(2)10-3-7-19-8-4-10/h5-6,9-10,14H,3-4,7-8H2,1-2H3. The molecular weight excluding hydrogens is 242 g/mol. The van der Waals surface area contributed by atoms with Crippen molar-refractivity contribution in [2.45, 2.75) is 18.9 Å². The smallest absolute Gasteiger partial charge is 0.180 e. The third-order valence-electron chi connectivity index (χ3n) is 3.69. The molecule has 0 unspecified atom stereocenters. The summed E-state index contributed by atoms with van der Waals surface area (Å²) in [5.41, 5.74) is 0.896. The van der Waals surface area contributed by atoms with Gasteiger partial charge in [0.15, 0.2) is 11.5 Å². The molecule has 1 saturated heterocycles. The molecule has 0 spiro atoms. The molecular formula is C13H19N5O. The summed E-state index contributed by atoms with van der Waals surface area (Å²) in [4.78, 5) is 11.3. The van der Waals surface area contributed by atoms with Gasteiger partial charge in [0, 0.05) is 45.7 Å². The van der Waals surface area contributed by atoms with Crippen LogP contribution in [-0.2, 0) is 4.74 Å². The van der Waals surface area contributed by atoms with Crippen LogP contribution in [0.3, 0.4) is 0 Å². The maximum absolute atomic E-state index is 5.42. The van der Waals surface area contributed by atoms with Crippen molar-refractivity contribution in [3.63, 3.8) is 0 Å². The number of rotatable bonds is 3. The summed E-state index contributed by atoms with van der Waals surface area (Å²) in [6.07, 6.45) is 7.77. The molecule has 1 aliphatic rings. The van der Waals surface area contributed by atoms with E-state index < -0.39 is 0 Å². The summed E-state index contributed by atoms with van der Waals surface area (Å²) >= 11 is 0. The van der Waals surface area contributed by atoms with Crippen LogP contribution in [0.4, 0.5) is 11.6 Å². The lowest BCUT2D eigenvalue weighted by molar-refractivity contribution is 0.0854. The lowest BCUT2D eigenvalue weighted by Crippen LogP contribution is -2.37. The van der Waals surface area contributed by atoms with Crippen LogP contribution >= 0.6 is 0 Å². The molecule has 2 aromatic heterocycles. The van der Waals surface area contributed by atoms with Crippen LogP contribution in [0.1, 0.15) is 12.8 Å². The number of anilines is 2. The SMILES string of the molecule is CNc1cn2ccnc2c(N(C)C2CCOCC2)n1. The minimum Gasteiger partial charge on any atom is -0.381 e. The number of hydrogen-bond acceptors (Lipinski definition) is 5. The lowest BCUT2D eigenvalue weighted by Gasteiger charge is -2.32. The Morgan fingerprint density at radius 2 is 2.21 bits per heavy atom. The largest absolute Gasteiger partial charge is 0.381 e. The van der Waals surface area contributed by atoms with E-state index in [4.69, 9.17) is 4.74 Å². The second-order valence-corrected chi connectivity index (χ2v) is 4.81. The van der Waals surface area contributed by atoms with Crippen molar-refractivity contribution in [2.75, 3.05) is 37.5 Å². The number of nitrogens with zero attached hydrogens (tertiary/aromatic N) is 4. The molecule has 1 aliphatic heterocycles. The van der Waals surface area contributed by atoms with Gasteiger partial charge in [-0.3, -0.25) is 0 Å². The van der Waals surface area contributed by atoms with Gasteiger partial charge in [-0.2, -0.15) is 0 Å². The van der Waals surface area contributed by atoms with E-state index >= 15 is 0 Å². The van der Waals surface area contributed by atoms with Crippen molar-refractivity contribution < 1.29 is 4.74 Å². The Balaban J connectivity index is 1.99. The van der Waals surface area contributed by atoms with E-state index in [1.165, 1.54) is 0 Å². The number of hydrogen-bond donors (Lipinski definition) is 1. The van der Waals surface area contributed by atoms with Gasteiger partial charge in [-0.05, 0) is 12.8 Å². The van der Waals surface area contributed by atoms with Crippen LogP contribution in [0, 0.1) is 0 Å². The highest BCUT2D eigenvalue weighted by atomic mass is 16.5. The fourth-order valence-electron chi connectivity index (χ4n) is 2.52. The van der Waals surface area contributed by atoms with Crippen molar-refractivity contribution in [3.05, 3.63) is 18.6 Å². The second-order valence-electron chi connectivity index (χ2n) is 4.81. The zero-order valence-electron chi connectivity index (χ0n) is 11.3. The molecule has 3 heterocycles. The highest BCUT2D eigenvalue weighted by molar-refractivity contribution is 5.66. The van der Waals surface area contributed by atoms with E-state index in [1.807, 2.05) is 23.8 Å². The topological polar surface area (TPSA) is 54.7 Å². The van der Waals surface area contributed by atoms with Gasteiger partial charge in [0.2, 0.25) is 0 Å². The van der Waals surface area contributed by atoms with Gasteiger partial charge < -0.3 is 19.4 Å². The van der Waals surface area contributed by atoms with Crippen molar-refractivity contribution in [1.29, 1.82) is 0 Å². The molecule has 3 rings (SSSR count). The first kappa shape index (κ1) is 12.2. The minimum absolute atomic E-state index is 0.467. The Bertz CT molecular complexity index is 561. The Morgan fingerprint density at radius 1 is 1.42 bits per heavy atom. The van der Waals surface area contributed by atoms with Crippen LogP contribution in [0.2, 0.25) is 0 Å². The van der Waals surface area contributed by atoms with Crippen molar-refractivity contribution in [2.24, 2.45) is 0 Å². The van der Waals surface area contributed by atoms with E-state index in [0.717, 1.165) is 43.3 Å². The average molecular weight is 261 g/mol. The molecule has 2 aromatic rings. The Morgan fingerprint density at radius 3 is 2.95 bits per heavy atom.